The van der Waals surface area contributed by atoms with Gasteiger partial charge in [-0.15, -0.1) is 0 Å². The van der Waals surface area contributed by atoms with Crippen LogP contribution in [0.2, 0.25) is 0 Å². The zero-order valence-electron chi connectivity index (χ0n) is 8.26. The maximum atomic E-state index is 2.35. The summed E-state index contributed by atoms with van der Waals surface area (Å²) in [5.41, 5.74) is 0. The number of nitrogens with zero attached hydrogens (tertiary/aromatic N) is 2. The fraction of sp³-hybridized carbons (Fsp3) is 0.889. The molecule has 1 rings (SSSR count). The predicted molar refractivity (Wildman–Crippen MR) is 48.2 cm³/mol. The second-order valence-corrected chi connectivity index (χ2v) is 3.70. The van der Waals surface area contributed by atoms with Crippen molar-refractivity contribution in [3.63, 3.8) is 0 Å². The highest BCUT2D eigenvalue weighted by atomic mass is 15.3. The van der Waals surface area contributed by atoms with Gasteiger partial charge in [-0.1, -0.05) is 0 Å². The molecule has 2 atom stereocenters. The van der Waals surface area contributed by atoms with E-state index in [-0.39, 0.29) is 0 Å². The molecule has 0 radical (unpaired) electrons. The van der Waals surface area contributed by atoms with Gasteiger partial charge in [0.05, 0.1) is 26.2 Å². The molecule has 0 fully saturated rings. The van der Waals surface area contributed by atoms with Crippen molar-refractivity contribution in [1.29, 1.82) is 0 Å². The van der Waals surface area contributed by atoms with Crippen LogP contribution in [-0.2, 0) is 0 Å². The Labute approximate surface area is 69.5 Å². The van der Waals surface area contributed by atoms with E-state index in [1.54, 1.807) is 0 Å². The van der Waals surface area contributed by atoms with Gasteiger partial charge < -0.3 is 0 Å². The van der Waals surface area contributed by atoms with Gasteiger partial charge in [-0.2, -0.15) is 0 Å². The van der Waals surface area contributed by atoms with Crippen molar-refractivity contribution < 1.29 is 4.58 Å². The van der Waals surface area contributed by atoms with Gasteiger partial charge in [0.1, 0.15) is 0 Å². The third-order valence-corrected chi connectivity index (χ3v) is 3.03. The van der Waals surface area contributed by atoms with Gasteiger partial charge in [-0.05, 0) is 13.8 Å². The van der Waals surface area contributed by atoms with Crippen LogP contribution in [0.15, 0.2) is 0 Å². The monoisotopic (exact) mass is 155 g/mol. The van der Waals surface area contributed by atoms with Gasteiger partial charge in [0.25, 0.3) is 0 Å². The molecule has 1 aliphatic rings. The number of hydrogen-bond donors (Lipinski definition) is 0. The maximum Gasteiger partial charge on any atom is 0.243 e. The second kappa shape index (κ2) is 2.84. The molecule has 1 aliphatic heterocycles. The average Bonchev–Trinajstić information content (AvgIpc) is 1.97. The molecule has 0 spiro atoms. The molecule has 11 heavy (non-hydrogen) atoms. The standard InChI is InChI=1S/C9H19N2/c1-7-6-8(2)11(5)9(3)10(7)4/h7-8H,6H2,1-5H3/q+1. The van der Waals surface area contributed by atoms with E-state index in [4.69, 9.17) is 0 Å². The topological polar surface area (TPSA) is 6.25 Å². The molecular weight excluding hydrogens is 136 g/mol. The molecule has 0 aromatic rings. The number of amidine groups is 1. The van der Waals surface area contributed by atoms with Crippen molar-refractivity contribution in [2.45, 2.75) is 39.3 Å². The van der Waals surface area contributed by atoms with Crippen molar-refractivity contribution in [3.8, 4) is 0 Å². The lowest BCUT2D eigenvalue weighted by Gasteiger charge is -2.30. The summed E-state index contributed by atoms with van der Waals surface area (Å²) in [6, 6.07) is 1.39. The van der Waals surface area contributed by atoms with Gasteiger partial charge in [0.2, 0.25) is 5.84 Å². The van der Waals surface area contributed by atoms with E-state index in [2.05, 4.69) is 44.3 Å². The first-order chi connectivity index (χ1) is 5.04. The van der Waals surface area contributed by atoms with Crippen LogP contribution in [0.3, 0.4) is 0 Å². The zero-order chi connectivity index (χ0) is 8.59. The van der Waals surface area contributed by atoms with E-state index in [9.17, 15) is 0 Å². The molecule has 2 nitrogen and oxygen atoms in total. The normalized spacial score (nSPS) is 33.0. The smallest absolute Gasteiger partial charge is 0.243 e. The van der Waals surface area contributed by atoms with Gasteiger partial charge in [-0.25, -0.2) is 0 Å². The first kappa shape index (κ1) is 8.57. The van der Waals surface area contributed by atoms with Crippen LogP contribution in [0.5, 0.6) is 0 Å². The van der Waals surface area contributed by atoms with Crippen molar-refractivity contribution in [2.24, 2.45) is 0 Å². The van der Waals surface area contributed by atoms with Gasteiger partial charge in [0.15, 0.2) is 0 Å². The van der Waals surface area contributed by atoms with Crippen LogP contribution in [0.25, 0.3) is 0 Å². The Hall–Kier alpha value is -0.530. The fourth-order valence-corrected chi connectivity index (χ4v) is 1.70. The molecule has 2 unspecified atom stereocenters. The minimum Gasteiger partial charge on any atom is -0.266 e. The minimum atomic E-state index is 0.696. The molecular formula is C9H19N2+. The van der Waals surface area contributed by atoms with Gasteiger partial charge in [-0.3, -0.25) is 9.48 Å². The van der Waals surface area contributed by atoms with E-state index in [1.165, 1.54) is 12.3 Å². The molecule has 0 aromatic heterocycles. The Balaban J connectivity index is 2.89. The van der Waals surface area contributed by atoms with E-state index >= 15 is 0 Å². The minimum absolute atomic E-state index is 0.696. The van der Waals surface area contributed by atoms with Crippen LogP contribution >= 0.6 is 0 Å². The quantitative estimate of drug-likeness (QED) is 0.476. The fourth-order valence-electron chi connectivity index (χ4n) is 1.70. The lowest BCUT2D eigenvalue weighted by Crippen LogP contribution is -2.47. The summed E-state index contributed by atoms with van der Waals surface area (Å²) in [6.45, 7) is 6.76. The summed E-state index contributed by atoms with van der Waals surface area (Å²) < 4.78 is 2.35. The summed E-state index contributed by atoms with van der Waals surface area (Å²) in [5, 5.41) is 0. The molecule has 1 heterocycles. The number of rotatable bonds is 0. The lowest BCUT2D eigenvalue weighted by molar-refractivity contribution is -0.547. The summed E-state index contributed by atoms with van der Waals surface area (Å²) in [4.78, 5) is 2.35. The van der Waals surface area contributed by atoms with E-state index in [1.807, 2.05) is 0 Å². The first-order valence-corrected chi connectivity index (χ1v) is 4.33. The highest BCUT2D eigenvalue weighted by Gasteiger charge is 2.29. The Morgan fingerprint density at radius 3 is 2.55 bits per heavy atom. The van der Waals surface area contributed by atoms with Crippen LogP contribution in [0, 0.1) is 0 Å². The largest absolute Gasteiger partial charge is 0.266 e. The van der Waals surface area contributed by atoms with E-state index < -0.39 is 0 Å². The highest BCUT2D eigenvalue weighted by molar-refractivity contribution is 5.75. The average molecular weight is 155 g/mol. The van der Waals surface area contributed by atoms with Crippen LogP contribution < -0.4 is 0 Å². The summed E-state index contributed by atoms with van der Waals surface area (Å²) in [6.07, 6.45) is 1.27. The maximum absolute atomic E-state index is 2.35. The molecule has 0 amide bonds. The van der Waals surface area contributed by atoms with Crippen molar-refractivity contribution in [1.82, 2.24) is 4.90 Å². The Kier molecular flexibility index (Phi) is 2.21. The van der Waals surface area contributed by atoms with Gasteiger partial charge in [0, 0.05) is 13.3 Å². The third kappa shape index (κ3) is 1.39. The van der Waals surface area contributed by atoms with Crippen molar-refractivity contribution in [3.05, 3.63) is 0 Å². The third-order valence-electron chi connectivity index (χ3n) is 3.03. The molecule has 0 bridgehead atoms. The first-order valence-electron chi connectivity index (χ1n) is 4.33. The lowest BCUT2D eigenvalue weighted by atomic mass is 10.1. The molecule has 0 saturated carbocycles. The van der Waals surface area contributed by atoms with Crippen molar-refractivity contribution in [2.75, 3.05) is 14.1 Å². The van der Waals surface area contributed by atoms with E-state index in [0.717, 1.165) is 0 Å². The Morgan fingerprint density at radius 1 is 1.45 bits per heavy atom. The van der Waals surface area contributed by atoms with Gasteiger partial charge >= 0.3 is 0 Å². The molecule has 2 heteroatoms. The predicted octanol–water partition coefficient (Wildman–Crippen LogP) is 1.16. The van der Waals surface area contributed by atoms with Crippen LogP contribution in [0.1, 0.15) is 27.2 Å². The number of hydrogen-bond acceptors (Lipinski definition) is 1. The molecule has 0 N–H and O–H groups in total. The molecule has 0 aromatic carbocycles. The summed E-state index contributed by atoms with van der Waals surface area (Å²) in [5.74, 6) is 1.39. The Morgan fingerprint density at radius 2 is 2.00 bits per heavy atom. The second-order valence-electron chi connectivity index (χ2n) is 3.70. The molecule has 0 saturated heterocycles. The van der Waals surface area contributed by atoms with Crippen molar-refractivity contribution >= 4 is 5.84 Å². The van der Waals surface area contributed by atoms with Crippen LogP contribution in [0.4, 0.5) is 0 Å². The summed E-state index contributed by atoms with van der Waals surface area (Å²) in [7, 11) is 4.34. The zero-order valence-corrected chi connectivity index (χ0v) is 8.26. The molecule has 64 valence electrons. The highest BCUT2D eigenvalue weighted by Crippen LogP contribution is 2.13. The van der Waals surface area contributed by atoms with Crippen LogP contribution in [-0.4, -0.2) is 41.5 Å². The Bertz CT molecular complexity index is 184. The van der Waals surface area contributed by atoms with E-state index in [0.29, 0.717) is 12.1 Å². The summed E-state index contributed by atoms with van der Waals surface area (Å²) >= 11 is 0. The SMILES string of the molecule is CC1=[N+](C)C(C)CC(C)N1C. The molecule has 0 aliphatic carbocycles.